The van der Waals surface area contributed by atoms with E-state index in [2.05, 4.69) is 17.2 Å². The molecule has 4 heteroatoms. The average Bonchev–Trinajstić information content (AvgIpc) is 2.88. The molecule has 0 spiro atoms. The van der Waals surface area contributed by atoms with Crippen molar-refractivity contribution in [2.45, 2.75) is 19.9 Å². The van der Waals surface area contributed by atoms with Crippen LogP contribution >= 0.6 is 0 Å². The quantitative estimate of drug-likeness (QED) is 0.796. The smallest absolute Gasteiger partial charge is 0.229 e. The van der Waals surface area contributed by atoms with Crippen molar-refractivity contribution < 1.29 is 9.15 Å². The lowest BCUT2D eigenvalue weighted by Gasteiger charge is -2.03. The number of hydrogen-bond acceptors (Lipinski definition) is 4. The molecule has 2 rings (SSSR count). The first-order valence-electron chi connectivity index (χ1n) is 6.13. The molecule has 1 aromatic carbocycles. The summed E-state index contributed by atoms with van der Waals surface area (Å²) in [5.74, 6) is 1.37. The van der Waals surface area contributed by atoms with Gasteiger partial charge < -0.3 is 14.5 Å². The number of ether oxygens (including phenoxy) is 1. The van der Waals surface area contributed by atoms with E-state index in [1.807, 2.05) is 24.3 Å². The van der Waals surface area contributed by atoms with Crippen LogP contribution < -0.4 is 10.1 Å². The van der Waals surface area contributed by atoms with Gasteiger partial charge in [-0.25, -0.2) is 4.98 Å². The van der Waals surface area contributed by atoms with Gasteiger partial charge in [-0.1, -0.05) is 19.1 Å². The van der Waals surface area contributed by atoms with Gasteiger partial charge in [-0.05, 0) is 25.1 Å². The first-order chi connectivity index (χ1) is 8.85. The maximum Gasteiger partial charge on any atom is 0.229 e. The Bertz CT molecular complexity index is 494. The van der Waals surface area contributed by atoms with E-state index in [4.69, 9.17) is 9.15 Å². The summed E-state index contributed by atoms with van der Waals surface area (Å²) in [4.78, 5) is 4.45. The summed E-state index contributed by atoms with van der Waals surface area (Å²) in [6, 6.07) is 7.70. The van der Waals surface area contributed by atoms with Crippen molar-refractivity contribution in [3.05, 3.63) is 36.2 Å². The van der Waals surface area contributed by atoms with Crippen LogP contribution in [0.3, 0.4) is 0 Å². The highest BCUT2D eigenvalue weighted by molar-refractivity contribution is 5.62. The normalized spacial score (nSPS) is 10.6. The molecule has 18 heavy (non-hydrogen) atoms. The van der Waals surface area contributed by atoms with Crippen LogP contribution in [0.1, 0.15) is 19.0 Å². The van der Waals surface area contributed by atoms with E-state index in [1.165, 1.54) is 0 Å². The molecule has 0 aliphatic heterocycles. The Morgan fingerprint density at radius 2 is 2.17 bits per heavy atom. The summed E-state index contributed by atoms with van der Waals surface area (Å²) in [5.41, 5.74) is 1.78. The molecule has 1 heterocycles. The summed E-state index contributed by atoms with van der Waals surface area (Å²) in [6.45, 7) is 3.85. The minimum atomic E-state index is 0.598. The van der Waals surface area contributed by atoms with Crippen molar-refractivity contribution in [1.29, 1.82) is 0 Å². The number of rotatable bonds is 6. The Morgan fingerprint density at radius 1 is 1.33 bits per heavy atom. The maximum absolute atomic E-state index is 5.49. The molecule has 0 saturated heterocycles. The van der Waals surface area contributed by atoms with Crippen LogP contribution in [-0.2, 0) is 6.54 Å². The minimum Gasteiger partial charge on any atom is -0.496 e. The van der Waals surface area contributed by atoms with Crippen LogP contribution in [-0.4, -0.2) is 18.6 Å². The molecule has 0 bridgehead atoms. The van der Waals surface area contributed by atoms with Crippen molar-refractivity contribution in [1.82, 2.24) is 10.3 Å². The van der Waals surface area contributed by atoms with Crippen molar-refractivity contribution in [2.75, 3.05) is 13.7 Å². The monoisotopic (exact) mass is 246 g/mol. The maximum atomic E-state index is 5.49. The highest BCUT2D eigenvalue weighted by Gasteiger charge is 2.10. The Kier molecular flexibility index (Phi) is 4.36. The summed E-state index contributed by atoms with van der Waals surface area (Å²) in [7, 11) is 1.64. The zero-order chi connectivity index (χ0) is 12.8. The van der Waals surface area contributed by atoms with Gasteiger partial charge in [-0.2, -0.15) is 0 Å². The molecule has 0 atom stereocenters. The lowest BCUT2D eigenvalue weighted by Crippen LogP contribution is -2.13. The third-order valence-corrected chi connectivity index (χ3v) is 2.62. The molecular formula is C14H18N2O2. The Morgan fingerprint density at radius 3 is 2.94 bits per heavy atom. The molecule has 2 aromatic rings. The van der Waals surface area contributed by atoms with Crippen LogP contribution in [0.25, 0.3) is 11.5 Å². The lowest BCUT2D eigenvalue weighted by atomic mass is 10.2. The predicted molar refractivity (Wildman–Crippen MR) is 70.5 cm³/mol. The van der Waals surface area contributed by atoms with Crippen LogP contribution in [0.5, 0.6) is 5.75 Å². The molecule has 0 amide bonds. The van der Waals surface area contributed by atoms with Crippen LogP contribution in [0, 0.1) is 0 Å². The second-order valence-corrected chi connectivity index (χ2v) is 4.02. The number of oxazole rings is 1. The van der Waals surface area contributed by atoms with E-state index in [0.29, 0.717) is 5.89 Å². The molecule has 0 fully saturated rings. The molecule has 0 saturated carbocycles. The van der Waals surface area contributed by atoms with Crippen molar-refractivity contribution in [3.63, 3.8) is 0 Å². The fraction of sp³-hybridized carbons (Fsp3) is 0.357. The number of nitrogens with one attached hydrogen (secondary N) is 1. The van der Waals surface area contributed by atoms with E-state index in [-0.39, 0.29) is 0 Å². The Labute approximate surface area is 107 Å². The van der Waals surface area contributed by atoms with E-state index in [1.54, 1.807) is 13.4 Å². The average molecular weight is 246 g/mol. The summed E-state index contributed by atoms with van der Waals surface area (Å²) in [5, 5.41) is 3.29. The van der Waals surface area contributed by atoms with E-state index >= 15 is 0 Å². The first kappa shape index (κ1) is 12.6. The van der Waals surface area contributed by atoms with E-state index in [9.17, 15) is 0 Å². The number of benzene rings is 1. The van der Waals surface area contributed by atoms with Gasteiger partial charge in [0.2, 0.25) is 5.89 Å². The summed E-state index contributed by atoms with van der Waals surface area (Å²) < 4.78 is 10.8. The standard InChI is InChI=1S/C14H18N2O2/c1-3-8-15-9-11-10-18-14(16-11)12-6-4-5-7-13(12)17-2/h4-7,10,15H,3,8-9H2,1-2H3. The number of nitrogens with zero attached hydrogens (tertiary/aromatic N) is 1. The van der Waals surface area contributed by atoms with Crippen LogP contribution in [0.4, 0.5) is 0 Å². The highest BCUT2D eigenvalue weighted by Crippen LogP contribution is 2.28. The minimum absolute atomic E-state index is 0.598. The predicted octanol–water partition coefficient (Wildman–Crippen LogP) is 2.85. The Hall–Kier alpha value is -1.81. The van der Waals surface area contributed by atoms with E-state index < -0.39 is 0 Å². The van der Waals surface area contributed by atoms with Gasteiger partial charge in [0.25, 0.3) is 0 Å². The fourth-order valence-electron chi connectivity index (χ4n) is 1.73. The van der Waals surface area contributed by atoms with Gasteiger partial charge in [0.15, 0.2) is 0 Å². The van der Waals surface area contributed by atoms with Gasteiger partial charge in [0.05, 0.1) is 18.4 Å². The van der Waals surface area contributed by atoms with Crippen LogP contribution in [0.2, 0.25) is 0 Å². The molecule has 0 aliphatic rings. The fourth-order valence-corrected chi connectivity index (χ4v) is 1.73. The molecule has 0 radical (unpaired) electrons. The Balaban J connectivity index is 2.13. The van der Waals surface area contributed by atoms with Gasteiger partial charge in [-0.3, -0.25) is 0 Å². The van der Waals surface area contributed by atoms with Gasteiger partial charge >= 0.3 is 0 Å². The highest BCUT2D eigenvalue weighted by atomic mass is 16.5. The molecular weight excluding hydrogens is 228 g/mol. The number of para-hydroxylation sites is 1. The summed E-state index contributed by atoms with van der Waals surface area (Å²) >= 11 is 0. The largest absolute Gasteiger partial charge is 0.496 e. The van der Waals surface area contributed by atoms with Crippen molar-refractivity contribution >= 4 is 0 Å². The summed E-state index contributed by atoms with van der Waals surface area (Å²) in [6.07, 6.45) is 2.79. The third kappa shape index (κ3) is 2.90. The molecule has 96 valence electrons. The third-order valence-electron chi connectivity index (χ3n) is 2.62. The number of hydrogen-bond donors (Lipinski definition) is 1. The zero-order valence-electron chi connectivity index (χ0n) is 10.8. The molecule has 1 aromatic heterocycles. The van der Waals surface area contributed by atoms with Crippen LogP contribution in [0.15, 0.2) is 34.9 Å². The van der Waals surface area contributed by atoms with Gasteiger partial charge in [-0.15, -0.1) is 0 Å². The number of methoxy groups -OCH3 is 1. The second kappa shape index (κ2) is 6.21. The molecule has 0 unspecified atom stereocenters. The van der Waals surface area contributed by atoms with Crippen molar-refractivity contribution in [2.24, 2.45) is 0 Å². The topological polar surface area (TPSA) is 47.3 Å². The second-order valence-electron chi connectivity index (χ2n) is 4.02. The zero-order valence-corrected chi connectivity index (χ0v) is 10.8. The molecule has 0 aliphatic carbocycles. The number of aromatic nitrogens is 1. The van der Waals surface area contributed by atoms with Gasteiger partial charge in [0.1, 0.15) is 12.0 Å². The molecule has 4 nitrogen and oxygen atoms in total. The van der Waals surface area contributed by atoms with Gasteiger partial charge in [0, 0.05) is 6.54 Å². The lowest BCUT2D eigenvalue weighted by molar-refractivity contribution is 0.414. The van der Waals surface area contributed by atoms with Crippen molar-refractivity contribution in [3.8, 4) is 17.2 Å². The van der Waals surface area contributed by atoms with E-state index in [0.717, 1.165) is 36.5 Å². The first-order valence-corrected chi connectivity index (χ1v) is 6.13. The SMILES string of the molecule is CCCNCc1coc(-c2ccccc2OC)n1. The molecule has 1 N–H and O–H groups in total.